The predicted molar refractivity (Wildman–Crippen MR) is 235 cm³/mol. The van der Waals surface area contributed by atoms with Gasteiger partial charge < -0.3 is 20.2 Å². The highest BCUT2D eigenvalue weighted by atomic mass is 32.2. The zero-order valence-electron chi connectivity index (χ0n) is 34.2. The number of amides is 1. The van der Waals surface area contributed by atoms with E-state index in [0.717, 1.165) is 70.1 Å². The third kappa shape index (κ3) is 8.28. The average molecular weight is 861 g/mol. The zero-order chi connectivity index (χ0) is 42.3. The molecule has 1 saturated heterocycles. The van der Waals surface area contributed by atoms with Crippen molar-refractivity contribution in [3.63, 3.8) is 0 Å². The van der Waals surface area contributed by atoms with Crippen LogP contribution in [0.2, 0.25) is 0 Å². The van der Waals surface area contributed by atoms with Gasteiger partial charge in [0.2, 0.25) is 0 Å². The fraction of sp³-hybridized carbons (Fsp3) is 0.386. The van der Waals surface area contributed by atoms with Crippen molar-refractivity contribution in [3.05, 3.63) is 89.4 Å². The van der Waals surface area contributed by atoms with E-state index in [9.17, 15) is 23.1 Å². The third-order valence-corrected chi connectivity index (χ3v) is 14.7. The summed E-state index contributed by atoms with van der Waals surface area (Å²) in [4.78, 5) is 39.4. The van der Waals surface area contributed by atoms with E-state index in [1.807, 2.05) is 64.7 Å². The van der Waals surface area contributed by atoms with E-state index < -0.39 is 21.9 Å². The summed E-state index contributed by atoms with van der Waals surface area (Å²) in [7, 11) is -4.33. The number of benzene rings is 2. The Morgan fingerprint density at radius 1 is 0.869 bits per heavy atom. The Balaban J connectivity index is 1.02. The molecule has 61 heavy (non-hydrogen) atoms. The van der Waals surface area contributed by atoms with Gasteiger partial charge in [-0.05, 0) is 107 Å². The summed E-state index contributed by atoms with van der Waals surface area (Å²) >= 11 is 1.54. The molecule has 0 radical (unpaired) electrons. The lowest BCUT2D eigenvalue weighted by Gasteiger charge is -2.32. The maximum atomic E-state index is 14.4. The highest BCUT2D eigenvalue weighted by Gasteiger charge is 2.30. The lowest BCUT2D eigenvalue weighted by molar-refractivity contribution is -0.142. The number of nitrogens with one attached hydrogen (secondary N) is 2. The molecule has 6 heterocycles. The molecule has 0 spiro atoms. The number of piperidine rings is 1. The number of sulfonamides is 1. The monoisotopic (exact) mass is 860 g/mol. The van der Waals surface area contributed by atoms with E-state index in [4.69, 9.17) is 15.1 Å². The summed E-state index contributed by atoms with van der Waals surface area (Å²) in [6, 6.07) is 17.9. The first-order valence-corrected chi connectivity index (χ1v) is 23.3. The Kier molecular flexibility index (Phi) is 11.2. The molecule has 6 aromatic rings. The zero-order valence-corrected chi connectivity index (χ0v) is 35.8. The molecule has 0 atom stereocenters. The first-order chi connectivity index (χ1) is 29.5. The summed E-state index contributed by atoms with van der Waals surface area (Å²) in [6.07, 6.45) is 10.3. The highest BCUT2D eigenvalue weighted by Crippen LogP contribution is 2.38. The number of rotatable bonds is 11. The fourth-order valence-electron chi connectivity index (χ4n) is 8.90. The number of aromatic nitrogens is 6. The lowest BCUT2D eigenvalue weighted by atomic mass is 9.89. The lowest BCUT2D eigenvalue weighted by Crippen LogP contribution is -2.36. The van der Waals surface area contributed by atoms with Crippen LogP contribution >= 0.6 is 11.3 Å². The van der Waals surface area contributed by atoms with Crippen molar-refractivity contribution in [1.29, 1.82) is 0 Å². The van der Waals surface area contributed by atoms with Gasteiger partial charge in [-0.15, -0.1) is 10.2 Å². The maximum absolute atomic E-state index is 14.4. The number of para-hydroxylation sites is 1. The van der Waals surface area contributed by atoms with Crippen LogP contribution in [0.1, 0.15) is 78.7 Å². The van der Waals surface area contributed by atoms with Crippen molar-refractivity contribution in [1.82, 2.24) is 34.7 Å². The van der Waals surface area contributed by atoms with E-state index in [1.54, 1.807) is 29.7 Å². The van der Waals surface area contributed by atoms with Gasteiger partial charge >= 0.3 is 5.97 Å². The number of hydrogen-bond donors (Lipinski definition) is 3. The molecule has 4 aromatic heterocycles. The first-order valence-electron chi connectivity index (χ1n) is 21.0. The molecule has 15 nitrogen and oxygen atoms in total. The van der Waals surface area contributed by atoms with Crippen LogP contribution in [0.25, 0.3) is 21.3 Å². The van der Waals surface area contributed by atoms with Gasteiger partial charge in [0.05, 0.1) is 27.2 Å². The molecule has 3 aliphatic rings. The smallest absolute Gasteiger partial charge is 0.306 e. The van der Waals surface area contributed by atoms with Crippen molar-refractivity contribution in [3.8, 4) is 11.1 Å². The molecule has 2 aliphatic heterocycles. The van der Waals surface area contributed by atoms with Crippen molar-refractivity contribution >= 4 is 71.7 Å². The van der Waals surface area contributed by atoms with Gasteiger partial charge in [-0.3, -0.25) is 14.3 Å². The van der Waals surface area contributed by atoms with E-state index in [-0.39, 0.29) is 16.5 Å². The highest BCUT2D eigenvalue weighted by molar-refractivity contribution is 7.90. The number of carbonyl (C=O) groups excluding carboxylic acids is 1. The number of hydrogen-bond acceptors (Lipinski definition) is 13. The van der Waals surface area contributed by atoms with Crippen LogP contribution in [-0.2, 0) is 27.8 Å². The minimum Gasteiger partial charge on any atom is -0.481 e. The number of carbonyl (C=O) groups is 2. The number of carboxylic acids is 1. The molecule has 1 aliphatic carbocycles. The molecule has 2 fully saturated rings. The van der Waals surface area contributed by atoms with Crippen molar-refractivity contribution in [2.75, 3.05) is 34.8 Å². The maximum Gasteiger partial charge on any atom is 0.306 e. The quantitative estimate of drug-likeness (QED) is 0.115. The van der Waals surface area contributed by atoms with Crippen LogP contribution in [0.5, 0.6) is 0 Å². The molecule has 0 unspecified atom stereocenters. The molecular weight excluding hydrogens is 813 g/mol. The van der Waals surface area contributed by atoms with Gasteiger partial charge in [0.15, 0.2) is 16.8 Å². The Labute approximate surface area is 358 Å². The number of fused-ring (bicyclic) bond motifs is 2. The summed E-state index contributed by atoms with van der Waals surface area (Å²) < 4.78 is 33.1. The molecule has 9 rings (SSSR count). The average Bonchev–Trinajstić information content (AvgIpc) is 3.86. The van der Waals surface area contributed by atoms with Gasteiger partial charge in [-0.2, -0.15) is 5.10 Å². The van der Waals surface area contributed by atoms with E-state index >= 15 is 0 Å². The van der Waals surface area contributed by atoms with Crippen molar-refractivity contribution in [2.24, 2.45) is 11.8 Å². The number of thiazole rings is 1. The number of aliphatic carboxylic acids is 1. The molecular formula is C44H48N10O5S2. The molecule has 3 N–H and O–H groups in total. The first kappa shape index (κ1) is 40.5. The SMILES string of the molecule is Cc1c(Nc2nc3ccccc3s2)nnc2c1CCCN2c1ccc(-c2cnn(CC3CCCCC3)c2C)c(C(=O)NS(=O)(=O)c2ccc(N3CCC(C(=O)O)CC3)cc2)n1. The second-order valence-corrected chi connectivity index (χ2v) is 19.0. The summed E-state index contributed by atoms with van der Waals surface area (Å²) in [6.45, 7) is 6.43. The van der Waals surface area contributed by atoms with Crippen LogP contribution in [-0.4, -0.2) is 75.0 Å². The van der Waals surface area contributed by atoms with E-state index in [1.165, 1.54) is 31.4 Å². The van der Waals surface area contributed by atoms with Gasteiger partial charge in [-0.1, -0.05) is 42.7 Å². The largest absolute Gasteiger partial charge is 0.481 e. The molecule has 316 valence electrons. The number of pyridine rings is 1. The fourth-order valence-corrected chi connectivity index (χ4v) is 10.7. The van der Waals surface area contributed by atoms with Crippen LogP contribution < -0.4 is 19.8 Å². The van der Waals surface area contributed by atoms with Crippen LogP contribution in [0.15, 0.2) is 71.8 Å². The van der Waals surface area contributed by atoms with E-state index in [2.05, 4.69) is 20.2 Å². The molecule has 1 saturated carbocycles. The Morgan fingerprint density at radius 2 is 1.64 bits per heavy atom. The van der Waals surface area contributed by atoms with Crippen molar-refractivity contribution < 1.29 is 23.1 Å². The minimum absolute atomic E-state index is 0.0507. The van der Waals surface area contributed by atoms with Gasteiger partial charge in [0, 0.05) is 59.8 Å². The summed E-state index contributed by atoms with van der Waals surface area (Å²) in [5.74, 6) is 0.160. The molecule has 1 amide bonds. The van der Waals surface area contributed by atoms with Gasteiger partial charge in [-0.25, -0.2) is 23.1 Å². The van der Waals surface area contributed by atoms with Crippen LogP contribution in [0.3, 0.4) is 0 Å². The second kappa shape index (κ2) is 16.8. The number of nitrogens with zero attached hydrogens (tertiary/aromatic N) is 8. The van der Waals surface area contributed by atoms with Crippen LogP contribution in [0.4, 0.5) is 28.3 Å². The Morgan fingerprint density at radius 3 is 2.39 bits per heavy atom. The second-order valence-electron chi connectivity index (χ2n) is 16.3. The van der Waals surface area contributed by atoms with E-state index in [0.29, 0.717) is 67.0 Å². The van der Waals surface area contributed by atoms with Gasteiger partial charge in [0.25, 0.3) is 15.9 Å². The normalized spacial score (nSPS) is 16.4. The minimum atomic E-state index is -4.33. The predicted octanol–water partition coefficient (Wildman–Crippen LogP) is 7.79. The standard InChI is InChI=1S/C44H48N10O5S2/c1-27-33-11-8-22-53(41(33)50-49-40(27)48-44-46-36-12-6-7-13-37(36)60-44)38-19-18-34(35-25-45-54(28(35)2)26-29-9-4-3-5-10-29)39(47-38)42(55)51-61(58,59)32-16-14-31(15-17-32)52-23-20-30(21-24-52)43(56)57/h6-7,12-19,25,29-30H,3-5,8-11,20-24,26H2,1-2H3,(H,51,55)(H,56,57)(H,46,48,49). The van der Waals surface area contributed by atoms with Crippen LogP contribution in [0, 0.1) is 25.7 Å². The van der Waals surface area contributed by atoms with Crippen molar-refractivity contribution in [2.45, 2.75) is 83.1 Å². The summed E-state index contributed by atoms with van der Waals surface area (Å²) in [5.41, 5.74) is 5.62. The Hall–Kier alpha value is -5.94. The Bertz CT molecular complexity index is 2690. The third-order valence-electron chi connectivity index (χ3n) is 12.4. The number of carboxylic acid groups (broad SMARTS) is 1. The molecule has 2 aromatic carbocycles. The summed E-state index contributed by atoms with van der Waals surface area (Å²) in [5, 5.41) is 27.5. The molecule has 0 bridgehead atoms. The topological polar surface area (TPSA) is 188 Å². The van der Waals surface area contributed by atoms with Gasteiger partial charge in [0.1, 0.15) is 11.5 Å². The molecule has 17 heteroatoms. The number of anilines is 5.